The van der Waals surface area contributed by atoms with Crippen LogP contribution in [0, 0.1) is 40.4 Å². The van der Waals surface area contributed by atoms with Crippen LogP contribution in [-0.4, -0.2) is 42.8 Å². The van der Waals surface area contributed by atoms with Crippen molar-refractivity contribution in [2.45, 2.75) is 104 Å². The fourth-order valence-corrected chi connectivity index (χ4v) is 8.82. The number of fused-ring (bicyclic) bond motifs is 5. The molecule has 0 heterocycles. The van der Waals surface area contributed by atoms with Gasteiger partial charge >= 0.3 is 5.97 Å². The molecule has 35 heavy (non-hydrogen) atoms. The number of unbranched alkanes of at least 4 members (excludes halogenated alkanes) is 1. The number of aliphatic hydroxyl groups excluding tert-OH is 1. The number of aliphatic hydroxyl groups is 1. The number of nitrogens with two attached hydrogens (primary N) is 1. The number of hydrogen-bond donors (Lipinski definition) is 3. The molecule has 0 saturated heterocycles. The number of nitrogens with one attached hydrogen (secondary N) is 1. The summed E-state index contributed by atoms with van der Waals surface area (Å²) in [5, 5.41) is 13.4. The van der Waals surface area contributed by atoms with Crippen LogP contribution >= 0.6 is 0 Å². The second-order valence-electron chi connectivity index (χ2n) is 12.6. The number of allylic oxidation sites excluding steroid dienone is 1. The van der Waals surface area contributed by atoms with Crippen LogP contribution in [0.5, 0.6) is 0 Å². The summed E-state index contributed by atoms with van der Waals surface area (Å²) in [5.41, 5.74) is 7.82. The Morgan fingerprint density at radius 3 is 2.69 bits per heavy atom. The molecule has 4 aliphatic rings. The maximum Gasteiger partial charge on any atom is 0.322 e. The molecule has 0 spiro atoms. The molecule has 0 aromatic heterocycles. The zero-order valence-electron chi connectivity index (χ0n) is 22.4. The van der Waals surface area contributed by atoms with Crippen LogP contribution in [0.25, 0.3) is 0 Å². The first-order chi connectivity index (χ1) is 16.6. The van der Waals surface area contributed by atoms with Crippen LogP contribution in [-0.2, 0) is 14.3 Å². The van der Waals surface area contributed by atoms with E-state index in [0.717, 1.165) is 56.8 Å². The van der Waals surface area contributed by atoms with Gasteiger partial charge in [-0.2, -0.15) is 0 Å². The summed E-state index contributed by atoms with van der Waals surface area (Å²) < 4.78 is 4.67. The standard InChI is InChI=1S/C29H48N2O4/c1-18(26(33)31-16-6-5-7-25(30)27(34)35-4)22-10-11-23-21-9-8-19-17-20(32)12-14-28(19,2)24(21)13-15-29(22,23)3/h8,18,20-25,32H,5-7,9-17,30H2,1-4H3,(H,31,33)/t18-,20-,21-,22+,23-,24-,25-,28-,29+/m0/s1. The number of amides is 1. The molecule has 6 heteroatoms. The summed E-state index contributed by atoms with van der Waals surface area (Å²) in [7, 11) is 1.36. The number of rotatable bonds is 8. The van der Waals surface area contributed by atoms with E-state index in [1.54, 1.807) is 0 Å². The Morgan fingerprint density at radius 2 is 1.94 bits per heavy atom. The van der Waals surface area contributed by atoms with Gasteiger partial charge in [-0.3, -0.25) is 9.59 Å². The number of ether oxygens (including phenoxy) is 1. The molecule has 0 bridgehead atoms. The predicted molar refractivity (Wildman–Crippen MR) is 137 cm³/mol. The van der Waals surface area contributed by atoms with Crippen molar-refractivity contribution in [3.63, 3.8) is 0 Å². The number of hydrogen-bond acceptors (Lipinski definition) is 5. The van der Waals surface area contributed by atoms with Gasteiger partial charge in [0, 0.05) is 12.5 Å². The molecule has 6 nitrogen and oxygen atoms in total. The highest BCUT2D eigenvalue weighted by Gasteiger charge is 2.59. The Labute approximate surface area is 211 Å². The van der Waals surface area contributed by atoms with Crippen molar-refractivity contribution >= 4 is 11.9 Å². The van der Waals surface area contributed by atoms with E-state index < -0.39 is 6.04 Å². The van der Waals surface area contributed by atoms with E-state index >= 15 is 0 Å². The van der Waals surface area contributed by atoms with Gasteiger partial charge < -0.3 is 20.9 Å². The van der Waals surface area contributed by atoms with Crippen LogP contribution in [0.4, 0.5) is 0 Å². The normalized spacial score (nSPS) is 39.9. The van der Waals surface area contributed by atoms with Crippen molar-refractivity contribution in [2.75, 3.05) is 13.7 Å². The van der Waals surface area contributed by atoms with E-state index in [1.807, 2.05) is 0 Å². The third kappa shape index (κ3) is 4.94. The molecule has 0 radical (unpaired) electrons. The number of esters is 1. The topological polar surface area (TPSA) is 102 Å². The molecule has 4 aliphatic carbocycles. The van der Waals surface area contributed by atoms with Crippen molar-refractivity contribution in [2.24, 2.45) is 46.2 Å². The zero-order valence-corrected chi connectivity index (χ0v) is 22.4. The Bertz CT molecular complexity index is 827. The fraction of sp³-hybridized carbons (Fsp3) is 0.862. The molecule has 4 N–H and O–H groups in total. The van der Waals surface area contributed by atoms with Crippen molar-refractivity contribution < 1.29 is 19.4 Å². The van der Waals surface area contributed by atoms with Gasteiger partial charge in [0.15, 0.2) is 0 Å². The van der Waals surface area contributed by atoms with Gasteiger partial charge in [-0.1, -0.05) is 32.4 Å². The molecule has 3 saturated carbocycles. The van der Waals surface area contributed by atoms with E-state index in [9.17, 15) is 14.7 Å². The van der Waals surface area contributed by atoms with Crippen molar-refractivity contribution in [3.8, 4) is 0 Å². The van der Waals surface area contributed by atoms with Gasteiger partial charge in [-0.15, -0.1) is 0 Å². The van der Waals surface area contributed by atoms with E-state index in [-0.39, 0.29) is 34.7 Å². The number of methoxy groups -OCH3 is 1. The molecule has 0 unspecified atom stereocenters. The molecule has 198 valence electrons. The second kappa shape index (κ2) is 10.5. The minimum Gasteiger partial charge on any atom is -0.468 e. The van der Waals surface area contributed by atoms with Crippen LogP contribution in [0.15, 0.2) is 11.6 Å². The molecule has 1 amide bonds. The summed E-state index contributed by atoms with van der Waals surface area (Å²) in [6.07, 6.45) is 13.5. The van der Waals surface area contributed by atoms with E-state index in [4.69, 9.17) is 5.73 Å². The largest absolute Gasteiger partial charge is 0.468 e. The summed E-state index contributed by atoms with van der Waals surface area (Å²) in [6, 6.07) is -0.577. The third-order valence-electron chi connectivity index (χ3n) is 10.9. The average molecular weight is 489 g/mol. The minimum atomic E-state index is -0.577. The van der Waals surface area contributed by atoms with Crippen molar-refractivity contribution in [1.29, 1.82) is 0 Å². The van der Waals surface area contributed by atoms with Crippen LogP contribution in [0.3, 0.4) is 0 Å². The van der Waals surface area contributed by atoms with E-state index in [0.29, 0.717) is 24.8 Å². The highest BCUT2D eigenvalue weighted by Crippen LogP contribution is 2.67. The highest BCUT2D eigenvalue weighted by molar-refractivity contribution is 5.78. The van der Waals surface area contributed by atoms with Crippen LogP contribution < -0.4 is 11.1 Å². The molecular formula is C29H48N2O4. The quantitative estimate of drug-likeness (QED) is 0.268. The lowest BCUT2D eigenvalue weighted by atomic mass is 9.47. The van der Waals surface area contributed by atoms with Gasteiger partial charge in [0.2, 0.25) is 5.91 Å². The van der Waals surface area contributed by atoms with Gasteiger partial charge in [0.1, 0.15) is 6.04 Å². The van der Waals surface area contributed by atoms with Crippen LogP contribution in [0.2, 0.25) is 0 Å². The average Bonchev–Trinajstić information content (AvgIpc) is 3.20. The number of carbonyl (C=O) groups is 2. The van der Waals surface area contributed by atoms with Crippen molar-refractivity contribution in [3.05, 3.63) is 11.6 Å². The third-order valence-corrected chi connectivity index (χ3v) is 10.9. The lowest BCUT2D eigenvalue weighted by Crippen LogP contribution is -2.51. The Balaban J connectivity index is 1.33. The molecule has 3 fully saturated rings. The van der Waals surface area contributed by atoms with Crippen LogP contribution in [0.1, 0.15) is 91.4 Å². The lowest BCUT2D eigenvalue weighted by Gasteiger charge is -2.58. The predicted octanol–water partition coefficient (Wildman–Crippen LogP) is 4.35. The zero-order chi connectivity index (χ0) is 25.4. The maximum absolute atomic E-state index is 13.1. The summed E-state index contributed by atoms with van der Waals surface area (Å²) in [4.78, 5) is 24.5. The molecule has 0 aromatic carbocycles. The summed E-state index contributed by atoms with van der Waals surface area (Å²) >= 11 is 0. The van der Waals surface area contributed by atoms with Gasteiger partial charge in [0.05, 0.1) is 13.2 Å². The molecule has 4 rings (SSSR count). The SMILES string of the molecule is COC(=O)[C@@H](N)CCCCNC(=O)[C@@H](C)[C@H]1CC[C@H]2[C@@H]3CC=C4C[C@@H](O)CC[C@]4(C)[C@H]3CC[C@]12C. The Morgan fingerprint density at radius 1 is 1.17 bits per heavy atom. The summed E-state index contributed by atoms with van der Waals surface area (Å²) in [5.74, 6) is 2.41. The molecular weight excluding hydrogens is 440 g/mol. The minimum absolute atomic E-state index is 0.0222. The Kier molecular flexibility index (Phi) is 8.02. The van der Waals surface area contributed by atoms with Crippen molar-refractivity contribution in [1.82, 2.24) is 5.32 Å². The van der Waals surface area contributed by atoms with Gasteiger partial charge in [-0.05, 0) is 105 Å². The fourth-order valence-electron chi connectivity index (χ4n) is 8.82. The second-order valence-corrected chi connectivity index (χ2v) is 12.6. The Hall–Kier alpha value is -1.40. The molecule has 9 atom stereocenters. The maximum atomic E-state index is 13.1. The molecule has 0 aromatic rings. The first-order valence-corrected chi connectivity index (χ1v) is 14.1. The number of carbonyl (C=O) groups excluding carboxylic acids is 2. The van der Waals surface area contributed by atoms with E-state index in [1.165, 1.54) is 31.9 Å². The monoisotopic (exact) mass is 488 g/mol. The van der Waals surface area contributed by atoms with Gasteiger partial charge in [-0.25, -0.2) is 0 Å². The van der Waals surface area contributed by atoms with Gasteiger partial charge in [0.25, 0.3) is 0 Å². The first-order valence-electron chi connectivity index (χ1n) is 14.1. The first kappa shape index (κ1) is 26.7. The molecule has 0 aliphatic heterocycles. The smallest absolute Gasteiger partial charge is 0.322 e. The van der Waals surface area contributed by atoms with E-state index in [2.05, 4.69) is 36.9 Å². The highest BCUT2D eigenvalue weighted by atomic mass is 16.5. The summed E-state index contributed by atoms with van der Waals surface area (Å²) in [6.45, 7) is 7.72. The lowest BCUT2D eigenvalue weighted by molar-refractivity contribution is -0.142.